The molecule has 7 heteroatoms. The third kappa shape index (κ3) is 3.55. The van der Waals surface area contributed by atoms with Crippen LogP contribution in [0.4, 0.5) is 11.4 Å². The van der Waals surface area contributed by atoms with Gasteiger partial charge in [0.1, 0.15) is 17.2 Å². The molecule has 4 rings (SSSR count). The Morgan fingerprint density at radius 1 is 1.00 bits per heavy atom. The van der Waals surface area contributed by atoms with Crippen LogP contribution in [0.3, 0.4) is 0 Å². The van der Waals surface area contributed by atoms with Crippen LogP contribution in [0.25, 0.3) is 5.57 Å². The average molecular weight is 420 g/mol. The molecular formula is C23H20N2O4S. The highest BCUT2D eigenvalue weighted by Gasteiger charge is 2.41. The number of hydrogen-bond acceptors (Lipinski definition) is 6. The standard InChI is InChI=1S/C23H20N2O4S/c1-3-29-18-11-5-4-10-17(18)25-22(26)20(19-12-7-13-30-19)21(23(25)27)24-15-8-6-9-16(14-15)28-2/h4-14,24H,3H2,1-2H3. The third-order valence-electron chi connectivity index (χ3n) is 4.60. The van der Waals surface area contributed by atoms with Gasteiger partial charge in [0.2, 0.25) is 0 Å². The van der Waals surface area contributed by atoms with Crippen molar-refractivity contribution in [1.82, 2.24) is 0 Å². The van der Waals surface area contributed by atoms with Crippen molar-refractivity contribution in [3.63, 3.8) is 0 Å². The van der Waals surface area contributed by atoms with Crippen molar-refractivity contribution in [3.8, 4) is 11.5 Å². The Hall–Kier alpha value is -3.58. The number of nitrogens with one attached hydrogen (secondary N) is 1. The van der Waals surface area contributed by atoms with Crippen LogP contribution in [0.1, 0.15) is 11.8 Å². The SMILES string of the molecule is CCOc1ccccc1N1C(=O)C(Nc2cccc(OC)c2)=C(c2cccs2)C1=O. The summed E-state index contributed by atoms with van der Waals surface area (Å²) in [6.07, 6.45) is 0. The predicted molar refractivity (Wildman–Crippen MR) is 118 cm³/mol. The molecule has 0 aliphatic carbocycles. The summed E-state index contributed by atoms with van der Waals surface area (Å²) in [5.41, 5.74) is 1.64. The summed E-state index contributed by atoms with van der Waals surface area (Å²) >= 11 is 1.41. The maximum atomic E-state index is 13.4. The van der Waals surface area contributed by atoms with Gasteiger partial charge >= 0.3 is 0 Å². The predicted octanol–water partition coefficient (Wildman–Crippen LogP) is 4.55. The first-order valence-electron chi connectivity index (χ1n) is 9.44. The van der Waals surface area contributed by atoms with Gasteiger partial charge in [0, 0.05) is 16.6 Å². The first-order valence-corrected chi connectivity index (χ1v) is 10.3. The number of anilines is 2. The maximum absolute atomic E-state index is 13.4. The number of thiophene rings is 1. The fourth-order valence-corrected chi connectivity index (χ4v) is 4.05. The highest BCUT2D eigenvalue weighted by Crippen LogP contribution is 2.39. The number of carbonyl (C=O) groups is 2. The molecule has 0 saturated heterocycles. The molecule has 2 amide bonds. The Balaban J connectivity index is 1.79. The second kappa shape index (κ2) is 8.42. The Bertz CT molecular complexity index is 1120. The number of rotatable bonds is 7. The zero-order chi connectivity index (χ0) is 21.1. The van der Waals surface area contributed by atoms with E-state index in [1.165, 1.54) is 16.2 Å². The molecule has 0 saturated carbocycles. The summed E-state index contributed by atoms with van der Waals surface area (Å²) in [6.45, 7) is 2.28. The van der Waals surface area contributed by atoms with Gasteiger partial charge in [-0.05, 0) is 42.6 Å². The van der Waals surface area contributed by atoms with Gasteiger partial charge < -0.3 is 14.8 Å². The highest BCUT2D eigenvalue weighted by atomic mass is 32.1. The van der Waals surface area contributed by atoms with Crippen LogP contribution < -0.4 is 19.7 Å². The second-order valence-corrected chi connectivity index (χ2v) is 7.38. The number of imide groups is 1. The number of hydrogen-bond donors (Lipinski definition) is 1. The molecule has 1 aliphatic rings. The smallest absolute Gasteiger partial charge is 0.282 e. The number of carbonyl (C=O) groups excluding carboxylic acids is 2. The molecule has 1 N–H and O–H groups in total. The number of amides is 2. The maximum Gasteiger partial charge on any atom is 0.282 e. The van der Waals surface area contributed by atoms with Crippen molar-refractivity contribution in [1.29, 1.82) is 0 Å². The quantitative estimate of drug-likeness (QED) is 0.568. The van der Waals surface area contributed by atoms with Crippen LogP contribution in [-0.2, 0) is 9.59 Å². The molecule has 152 valence electrons. The molecule has 0 radical (unpaired) electrons. The van der Waals surface area contributed by atoms with Gasteiger partial charge in [-0.25, -0.2) is 4.90 Å². The zero-order valence-electron chi connectivity index (χ0n) is 16.5. The van der Waals surface area contributed by atoms with Gasteiger partial charge in [0.25, 0.3) is 11.8 Å². The van der Waals surface area contributed by atoms with Crippen molar-refractivity contribution in [2.75, 3.05) is 23.9 Å². The number of ether oxygens (including phenoxy) is 2. The second-order valence-electron chi connectivity index (χ2n) is 6.43. The fraction of sp³-hybridized carbons (Fsp3) is 0.130. The van der Waals surface area contributed by atoms with Gasteiger partial charge in [-0.1, -0.05) is 24.3 Å². The Morgan fingerprint density at radius 3 is 2.57 bits per heavy atom. The minimum absolute atomic E-state index is 0.224. The molecule has 30 heavy (non-hydrogen) atoms. The van der Waals surface area contributed by atoms with E-state index in [-0.39, 0.29) is 11.6 Å². The van der Waals surface area contributed by atoms with Gasteiger partial charge in [0.05, 0.1) is 25.0 Å². The van der Waals surface area contributed by atoms with Crippen molar-refractivity contribution < 1.29 is 19.1 Å². The zero-order valence-corrected chi connectivity index (χ0v) is 17.4. The van der Waals surface area contributed by atoms with E-state index in [1.807, 2.05) is 48.7 Å². The third-order valence-corrected chi connectivity index (χ3v) is 5.48. The number of nitrogens with zero attached hydrogens (tertiary/aromatic N) is 1. The summed E-state index contributed by atoms with van der Waals surface area (Å²) in [4.78, 5) is 28.8. The molecule has 0 bridgehead atoms. The normalized spacial score (nSPS) is 13.7. The van der Waals surface area contributed by atoms with E-state index in [4.69, 9.17) is 9.47 Å². The Labute approximate surface area is 178 Å². The van der Waals surface area contributed by atoms with Crippen LogP contribution in [0.2, 0.25) is 0 Å². The lowest BCUT2D eigenvalue weighted by atomic mass is 10.2. The minimum atomic E-state index is -0.432. The molecule has 1 aliphatic heterocycles. The lowest BCUT2D eigenvalue weighted by Crippen LogP contribution is -2.32. The van der Waals surface area contributed by atoms with Crippen LogP contribution in [0.5, 0.6) is 11.5 Å². The van der Waals surface area contributed by atoms with Crippen molar-refractivity contribution >= 4 is 40.1 Å². The van der Waals surface area contributed by atoms with Crippen LogP contribution >= 0.6 is 11.3 Å². The summed E-state index contributed by atoms with van der Waals surface area (Å²) in [5, 5.41) is 5.01. The number of benzene rings is 2. The summed E-state index contributed by atoms with van der Waals surface area (Å²) in [6, 6.07) is 17.9. The van der Waals surface area contributed by atoms with E-state index >= 15 is 0 Å². The lowest BCUT2D eigenvalue weighted by molar-refractivity contribution is -0.120. The number of para-hydroxylation sites is 2. The van der Waals surface area contributed by atoms with Crippen molar-refractivity contribution in [3.05, 3.63) is 76.6 Å². The molecule has 3 aromatic rings. The number of methoxy groups -OCH3 is 1. The molecule has 0 unspecified atom stereocenters. The minimum Gasteiger partial charge on any atom is -0.497 e. The molecular weight excluding hydrogens is 400 g/mol. The fourth-order valence-electron chi connectivity index (χ4n) is 3.28. The molecule has 1 aromatic heterocycles. The van der Waals surface area contributed by atoms with Gasteiger partial charge in [-0.2, -0.15) is 0 Å². The van der Waals surface area contributed by atoms with E-state index in [1.54, 1.807) is 31.4 Å². The van der Waals surface area contributed by atoms with E-state index in [2.05, 4.69) is 5.32 Å². The van der Waals surface area contributed by atoms with Crippen molar-refractivity contribution in [2.24, 2.45) is 0 Å². The summed E-state index contributed by atoms with van der Waals surface area (Å²) in [5.74, 6) is 0.307. The van der Waals surface area contributed by atoms with Crippen LogP contribution in [0, 0.1) is 0 Å². The van der Waals surface area contributed by atoms with E-state index in [0.717, 1.165) is 4.88 Å². The van der Waals surface area contributed by atoms with Gasteiger partial charge in [-0.15, -0.1) is 11.3 Å². The summed E-state index contributed by atoms with van der Waals surface area (Å²) in [7, 11) is 1.58. The van der Waals surface area contributed by atoms with Crippen molar-refractivity contribution in [2.45, 2.75) is 6.92 Å². The molecule has 2 aromatic carbocycles. The molecule has 0 spiro atoms. The first-order chi connectivity index (χ1) is 14.6. The van der Waals surface area contributed by atoms with Crippen LogP contribution in [-0.4, -0.2) is 25.5 Å². The monoisotopic (exact) mass is 420 g/mol. The van der Waals surface area contributed by atoms with Crippen LogP contribution in [0.15, 0.2) is 71.7 Å². The molecule has 0 atom stereocenters. The van der Waals surface area contributed by atoms with E-state index in [0.29, 0.717) is 35.1 Å². The molecule has 6 nitrogen and oxygen atoms in total. The summed E-state index contributed by atoms with van der Waals surface area (Å²) < 4.78 is 10.9. The van der Waals surface area contributed by atoms with Gasteiger partial charge in [0.15, 0.2) is 0 Å². The topological polar surface area (TPSA) is 67.9 Å². The van der Waals surface area contributed by atoms with E-state index in [9.17, 15) is 9.59 Å². The lowest BCUT2D eigenvalue weighted by Gasteiger charge is -2.19. The Morgan fingerprint density at radius 2 is 1.83 bits per heavy atom. The average Bonchev–Trinajstić information content (AvgIpc) is 3.36. The largest absolute Gasteiger partial charge is 0.497 e. The molecule has 0 fully saturated rings. The molecule has 2 heterocycles. The first kappa shape index (κ1) is 19.7. The highest BCUT2D eigenvalue weighted by molar-refractivity contribution is 7.11. The van der Waals surface area contributed by atoms with Gasteiger partial charge in [-0.3, -0.25) is 9.59 Å². The Kier molecular flexibility index (Phi) is 5.54. The van der Waals surface area contributed by atoms with E-state index < -0.39 is 5.91 Å².